The number of esters is 1. The Balaban J connectivity index is -0.000000188. The first-order valence-electron chi connectivity index (χ1n) is 5.39. The standard InChI is InChI=1S/C6H12O2.C3H8O2.C2H4O2/c1-3-4-5-8-6(2)7;1-3(5)2-4;1-2(3)4/h3-5H2,1-2H3;3-5H,2H2,1H3;1H3,(H,3,4). The first-order chi connectivity index (χ1) is 7.77. The van der Waals surface area contributed by atoms with Crippen molar-refractivity contribution in [3.8, 4) is 0 Å². The van der Waals surface area contributed by atoms with Gasteiger partial charge in [0.2, 0.25) is 0 Å². The molecule has 0 aromatic heterocycles. The van der Waals surface area contributed by atoms with Crippen LogP contribution in [0.2, 0.25) is 0 Å². The average molecular weight is 252 g/mol. The lowest BCUT2D eigenvalue weighted by molar-refractivity contribution is -0.141. The Morgan fingerprint density at radius 3 is 1.82 bits per heavy atom. The van der Waals surface area contributed by atoms with Gasteiger partial charge in [0.1, 0.15) is 0 Å². The second-order valence-corrected chi connectivity index (χ2v) is 3.24. The molecule has 0 aliphatic carbocycles. The number of carbonyl (C=O) groups excluding carboxylic acids is 1. The first-order valence-corrected chi connectivity index (χ1v) is 5.39. The fourth-order valence-corrected chi connectivity index (χ4v) is 0.360. The minimum absolute atomic E-state index is 0.139. The highest BCUT2D eigenvalue weighted by molar-refractivity contribution is 5.65. The maximum atomic E-state index is 10.1. The summed E-state index contributed by atoms with van der Waals surface area (Å²) in [6, 6.07) is 0. The second-order valence-electron chi connectivity index (χ2n) is 3.24. The molecule has 0 rings (SSSR count). The number of rotatable bonds is 4. The summed E-state index contributed by atoms with van der Waals surface area (Å²) in [5.74, 6) is -1.02. The predicted octanol–water partition coefficient (Wildman–Crippen LogP) is 0.800. The molecule has 17 heavy (non-hydrogen) atoms. The lowest BCUT2D eigenvalue weighted by atomic mass is 10.4. The van der Waals surface area contributed by atoms with Crippen molar-refractivity contribution >= 4 is 11.9 Å². The van der Waals surface area contributed by atoms with Gasteiger partial charge < -0.3 is 20.1 Å². The van der Waals surface area contributed by atoms with E-state index in [1.165, 1.54) is 13.8 Å². The highest BCUT2D eigenvalue weighted by atomic mass is 16.5. The Labute approximate surface area is 102 Å². The predicted molar refractivity (Wildman–Crippen MR) is 63.6 cm³/mol. The highest BCUT2D eigenvalue weighted by Crippen LogP contribution is 1.86. The topological polar surface area (TPSA) is 104 Å². The van der Waals surface area contributed by atoms with Crippen molar-refractivity contribution in [3.05, 3.63) is 0 Å². The quantitative estimate of drug-likeness (QED) is 0.505. The van der Waals surface area contributed by atoms with Crippen LogP contribution >= 0.6 is 0 Å². The molecular formula is C11H24O6. The first kappa shape index (κ1) is 21.2. The summed E-state index contributed by atoms with van der Waals surface area (Å²) in [6.07, 6.45) is 1.49. The van der Waals surface area contributed by atoms with E-state index in [2.05, 4.69) is 11.7 Å². The van der Waals surface area contributed by atoms with Gasteiger partial charge in [-0.25, -0.2) is 0 Å². The Morgan fingerprint density at radius 1 is 1.29 bits per heavy atom. The van der Waals surface area contributed by atoms with Crippen molar-refractivity contribution < 1.29 is 29.6 Å². The van der Waals surface area contributed by atoms with Crippen molar-refractivity contribution in [1.29, 1.82) is 0 Å². The van der Waals surface area contributed by atoms with E-state index in [9.17, 15) is 4.79 Å². The van der Waals surface area contributed by atoms with Gasteiger partial charge in [-0.15, -0.1) is 0 Å². The van der Waals surface area contributed by atoms with Gasteiger partial charge in [0.25, 0.3) is 5.97 Å². The molecule has 0 saturated carbocycles. The molecule has 0 spiro atoms. The third-order valence-corrected chi connectivity index (χ3v) is 1.07. The monoisotopic (exact) mass is 252 g/mol. The number of aliphatic hydroxyl groups is 2. The summed E-state index contributed by atoms with van der Waals surface area (Å²) >= 11 is 0. The molecule has 0 aliphatic rings. The number of unbranched alkanes of at least 4 members (excludes halogenated alkanes) is 1. The van der Waals surface area contributed by atoms with Crippen molar-refractivity contribution in [2.45, 2.75) is 46.6 Å². The smallest absolute Gasteiger partial charge is 0.302 e. The molecule has 104 valence electrons. The molecular weight excluding hydrogens is 228 g/mol. The Morgan fingerprint density at radius 2 is 1.65 bits per heavy atom. The molecule has 0 bridgehead atoms. The maximum Gasteiger partial charge on any atom is 0.302 e. The Hall–Kier alpha value is -1.14. The van der Waals surface area contributed by atoms with E-state index in [1.54, 1.807) is 0 Å². The van der Waals surface area contributed by atoms with Crippen molar-refractivity contribution in [1.82, 2.24) is 0 Å². The van der Waals surface area contributed by atoms with Gasteiger partial charge in [-0.2, -0.15) is 0 Å². The molecule has 0 radical (unpaired) electrons. The van der Waals surface area contributed by atoms with Crippen LogP contribution in [0.3, 0.4) is 0 Å². The Kier molecular flexibility index (Phi) is 21.5. The number of aliphatic hydroxyl groups excluding tert-OH is 2. The van der Waals surface area contributed by atoms with E-state index >= 15 is 0 Å². The van der Waals surface area contributed by atoms with Crippen LogP contribution in [0.1, 0.15) is 40.5 Å². The second kappa shape index (κ2) is 17.3. The number of aliphatic carboxylic acids is 1. The maximum absolute atomic E-state index is 10.1. The molecule has 0 aromatic carbocycles. The SMILES string of the molecule is CC(=O)O.CC(O)CO.CCCCOC(C)=O. The van der Waals surface area contributed by atoms with E-state index < -0.39 is 12.1 Å². The minimum atomic E-state index is -0.833. The zero-order valence-electron chi connectivity index (χ0n) is 11.0. The molecule has 1 atom stereocenters. The third-order valence-electron chi connectivity index (χ3n) is 1.07. The highest BCUT2D eigenvalue weighted by Gasteiger charge is 1.88. The number of hydrogen-bond donors (Lipinski definition) is 3. The number of carboxylic acid groups (broad SMARTS) is 1. The average Bonchev–Trinajstić information content (AvgIpc) is 2.17. The van der Waals surface area contributed by atoms with Crippen molar-refractivity contribution in [3.63, 3.8) is 0 Å². The molecule has 0 aromatic rings. The van der Waals surface area contributed by atoms with Gasteiger partial charge in [0.15, 0.2) is 0 Å². The molecule has 0 amide bonds. The molecule has 0 saturated heterocycles. The van der Waals surface area contributed by atoms with Crippen LogP contribution in [0.4, 0.5) is 0 Å². The summed E-state index contributed by atoms with van der Waals surface area (Å²) in [6.45, 7) is 6.53. The van der Waals surface area contributed by atoms with E-state index in [0.29, 0.717) is 6.61 Å². The molecule has 0 fully saturated rings. The minimum Gasteiger partial charge on any atom is -0.481 e. The van der Waals surface area contributed by atoms with Crippen LogP contribution < -0.4 is 0 Å². The Bertz CT molecular complexity index is 175. The number of carbonyl (C=O) groups is 2. The van der Waals surface area contributed by atoms with Crippen LogP contribution in [0, 0.1) is 0 Å². The zero-order valence-corrected chi connectivity index (χ0v) is 11.0. The fourth-order valence-electron chi connectivity index (χ4n) is 0.360. The van der Waals surface area contributed by atoms with E-state index in [4.69, 9.17) is 20.1 Å². The van der Waals surface area contributed by atoms with Crippen LogP contribution in [0.15, 0.2) is 0 Å². The van der Waals surface area contributed by atoms with Gasteiger partial charge in [-0.3, -0.25) is 9.59 Å². The van der Waals surface area contributed by atoms with Gasteiger partial charge >= 0.3 is 5.97 Å². The van der Waals surface area contributed by atoms with Crippen LogP contribution in [0.25, 0.3) is 0 Å². The lowest BCUT2D eigenvalue weighted by Crippen LogP contribution is -2.03. The number of hydrogen-bond acceptors (Lipinski definition) is 5. The molecule has 0 aliphatic heterocycles. The normalized spacial score (nSPS) is 10.0. The molecule has 1 unspecified atom stereocenters. The van der Waals surface area contributed by atoms with Crippen molar-refractivity contribution in [2.75, 3.05) is 13.2 Å². The molecule has 6 heteroatoms. The summed E-state index contributed by atoms with van der Waals surface area (Å²) < 4.78 is 4.64. The fraction of sp³-hybridized carbons (Fsp3) is 0.818. The van der Waals surface area contributed by atoms with Gasteiger partial charge in [0.05, 0.1) is 19.3 Å². The zero-order chi connectivity index (χ0) is 14.3. The van der Waals surface area contributed by atoms with Crippen molar-refractivity contribution in [2.24, 2.45) is 0 Å². The van der Waals surface area contributed by atoms with Crippen LogP contribution in [-0.2, 0) is 14.3 Å². The lowest BCUT2D eigenvalue weighted by Gasteiger charge is -1.96. The largest absolute Gasteiger partial charge is 0.481 e. The van der Waals surface area contributed by atoms with Gasteiger partial charge in [-0.05, 0) is 13.3 Å². The summed E-state index contributed by atoms with van der Waals surface area (Å²) in [7, 11) is 0. The van der Waals surface area contributed by atoms with E-state index in [1.807, 2.05) is 0 Å². The van der Waals surface area contributed by atoms with Gasteiger partial charge in [-0.1, -0.05) is 13.3 Å². The van der Waals surface area contributed by atoms with Crippen LogP contribution in [-0.4, -0.2) is 46.6 Å². The summed E-state index contributed by atoms with van der Waals surface area (Å²) in [5.41, 5.74) is 0. The van der Waals surface area contributed by atoms with Crippen LogP contribution in [0.5, 0.6) is 0 Å². The number of ether oxygens (including phenoxy) is 1. The molecule has 6 nitrogen and oxygen atoms in total. The summed E-state index contributed by atoms with van der Waals surface area (Å²) in [5, 5.41) is 23.4. The van der Waals surface area contributed by atoms with E-state index in [0.717, 1.165) is 19.8 Å². The third kappa shape index (κ3) is 71.6. The molecule has 0 heterocycles. The van der Waals surface area contributed by atoms with Gasteiger partial charge in [0, 0.05) is 13.8 Å². The number of carboxylic acids is 1. The molecule has 3 N–H and O–H groups in total. The summed E-state index contributed by atoms with van der Waals surface area (Å²) in [4.78, 5) is 19.1. The van der Waals surface area contributed by atoms with E-state index in [-0.39, 0.29) is 12.6 Å².